The molecule has 0 radical (unpaired) electrons. The second kappa shape index (κ2) is 5.75. The minimum atomic E-state index is -0.235. The van der Waals surface area contributed by atoms with Crippen molar-refractivity contribution in [2.45, 2.75) is 0 Å². The highest BCUT2D eigenvalue weighted by atomic mass is 16.3. The van der Waals surface area contributed by atoms with Gasteiger partial charge in [0, 0.05) is 0 Å². The first-order valence-corrected chi connectivity index (χ1v) is 5.66. The molecule has 0 unspecified atom stereocenters. The Morgan fingerprint density at radius 2 is 1.00 bits per heavy atom. The topological polar surface area (TPSA) is 106 Å². The van der Waals surface area contributed by atoms with E-state index < -0.39 is 0 Å². The van der Waals surface area contributed by atoms with E-state index in [-0.39, 0.29) is 23.0 Å². The molecule has 6 heteroatoms. The van der Waals surface area contributed by atoms with Gasteiger partial charge in [-0.3, -0.25) is 0 Å². The first-order valence-electron chi connectivity index (χ1n) is 5.66. The van der Waals surface area contributed by atoms with Crippen molar-refractivity contribution in [1.82, 2.24) is 0 Å². The van der Waals surface area contributed by atoms with Crippen LogP contribution in [-0.4, -0.2) is 32.9 Å². The van der Waals surface area contributed by atoms with E-state index in [1.54, 1.807) is 12.1 Å². The summed E-state index contributed by atoms with van der Waals surface area (Å²) in [5, 5.41) is 44.4. The maximum absolute atomic E-state index is 9.29. The summed E-state index contributed by atoms with van der Waals surface area (Å²) in [4.78, 5) is 0. The van der Waals surface area contributed by atoms with Crippen LogP contribution in [0.15, 0.2) is 46.6 Å². The smallest absolute Gasteiger partial charge is 0.158 e. The number of benzene rings is 2. The van der Waals surface area contributed by atoms with E-state index in [1.807, 2.05) is 0 Å². The molecule has 2 aromatic rings. The van der Waals surface area contributed by atoms with Crippen LogP contribution in [0.3, 0.4) is 0 Å². The molecule has 0 amide bonds. The number of nitrogens with zero attached hydrogens (tertiary/aromatic N) is 2. The third kappa shape index (κ3) is 3.26. The van der Waals surface area contributed by atoms with Crippen LogP contribution >= 0.6 is 0 Å². The number of hydrogen-bond acceptors (Lipinski definition) is 6. The van der Waals surface area contributed by atoms with Gasteiger partial charge in [-0.05, 0) is 47.5 Å². The van der Waals surface area contributed by atoms with Gasteiger partial charge in [0.25, 0.3) is 0 Å². The van der Waals surface area contributed by atoms with Crippen LogP contribution in [0, 0.1) is 0 Å². The van der Waals surface area contributed by atoms with Gasteiger partial charge in [0.2, 0.25) is 0 Å². The zero-order valence-corrected chi connectivity index (χ0v) is 10.3. The molecule has 0 saturated carbocycles. The summed E-state index contributed by atoms with van der Waals surface area (Å²) in [5.74, 6) is -0.877. The van der Waals surface area contributed by atoms with E-state index in [0.29, 0.717) is 11.1 Å². The van der Waals surface area contributed by atoms with Gasteiger partial charge in [0.1, 0.15) is 0 Å². The Balaban J connectivity index is 2.06. The molecule has 102 valence electrons. The van der Waals surface area contributed by atoms with Crippen molar-refractivity contribution in [3.05, 3.63) is 47.5 Å². The zero-order valence-electron chi connectivity index (χ0n) is 10.3. The minimum absolute atomic E-state index is 0.204. The van der Waals surface area contributed by atoms with Crippen molar-refractivity contribution in [1.29, 1.82) is 0 Å². The van der Waals surface area contributed by atoms with Crippen LogP contribution in [0.25, 0.3) is 0 Å². The number of phenolic OH excluding ortho intramolecular Hbond substituents is 4. The van der Waals surface area contributed by atoms with Crippen LogP contribution in [0.5, 0.6) is 23.0 Å². The number of hydrogen-bond donors (Lipinski definition) is 4. The van der Waals surface area contributed by atoms with Crippen LogP contribution in [-0.2, 0) is 0 Å². The third-order valence-corrected chi connectivity index (χ3v) is 2.48. The summed E-state index contributed by atoms with van der Waals surface area (Å²) < 4.78 is 0. The van der Waals surface area contributed by atoms with Crippen molar-refractivity contribution >= 4 is 12.4 Å². The fraction of sp³-hybridized carbons (Fsp3) is 0. The SMILES string of the molecule is Oc1ccc(/C=N\N=C\c2ccc(O)c(O)c2)cc1O. The van der Waals surface area contributed by atoms with Crippen molar-refractivity contribution in [3.8, 4) is 23.0 Å². The monoisotopic (exact) mass is 272 g/mol. The molecule has 20 heavy (non-hydrogen) atoms. The van der Waals surface area contributed by atoms with Crippen molar-refractivity contribution in [2.24, 2.45) is 10.2 Å². The number of phenols is 4. The quantitative estimate of drug-likeness (QED) is 0.389. The van der Waals surface area contributed by atoms with Gasteiger partial charge in [-0.1, -0.05) is 0 Å². The minimum Gasteiger partial charge on any atom is -0.504 e. The summed E-state index contributed by atoms with van der Waals surface area (Å²) in [6, 6.07) is 8.53. The molecule has 0 spiro atoms. The van der Waals surface area contributed by atoms with Crippen molar-refractivity contribution < 1.29 is 20.4 Å². The van der Waals surface area contributed by atoms with Crippen molar-refractivity contribution in [2.75, 3.05) is 0 Å². The Labute approximate surface area is 114 Å². The van der Waals surface area contributed by atoms with Gasteiger partial charge in [-0.15, -0.1) is 0 Å². The van der Waals surface area contributed by atoms with Gasteiger partial charge in [-0.2, -0.15) is 10.2 Å². The summed E-state index contributed by atoms with van der Waals surface area (Å²) in [5.41, 5.74) is 1.15. The second-order valence-electron chi connectivity index (χ2n) is 3.99. The molecular weight excluding hydrogens is 260 g/mol. The Morgan fingerprint density at radius 3 is 1.35 bits per heavy atom. The molecular formula is C14H12N2O4. The molecule has 0 aliphatic heterocycles. The predicted octanol–water partition coefficient (Wildman–Crippen LogP) is 1.96. The zero-order chi connectivity index (χ0) is 14.5. The molecule has 0 fully saturated rings. The molecule has 4 N–H and O–H groups in total. The Bertz CT molecular complexity index is 621. The maximum atomic E-state index is 9.29. The van der Waals surface area contributed by atoms with Crippen LogP contribution in [0.2, 0.25) is 0 Å². The number of rotatable bonds is 3. The van der Waals surface area contributed by atoms with E-state index >= 15 is 0 Å². The molecule has 0 saturated heterocycles. The molecule has 0 aliphatic carbocycles. The van der Waals surface area contributed by atoms with Crippen LogP contribution in [0.1, 0.15) is 11.1 Å². The summed E-state index contributed by atoms with van der Waals surface area (Å²) >= 11 is 0. The average molecular weight is 272 g/mol. The highest BCUT2D eigenvalue weighted by Gasteiger charge is 1.99. The fourth-order valence-corrected chi connectivity index (χ4v) is 1.44. The lowest BCUT2D eigenvalue weighted by atomic mass is 10.2. The highest BCUT2D eigenvalue weighted by molar-refractivity contribution is 5.83. The van der Waals surface area contributed by atoms with Gasteiger partial charge < -0.3 is 20.4 Å². The second-order valence-corrected chi connectivity index (χ2v) is 3.99. The standard InChI is InChI=1S/C14H12N2O4/c17-11-3-1-9(5-13(11)19)7-15-16-8-10-2-4-12(18)14(20)6-10/h1-8,17-20H/b15-7-,16-8+. The average Bonchev–Trinajstić information content (AvgIpc) is 2.42. The lowest BCUT2D eigenvalue weighted by Gasteiger charge is -1.97. The lowest BCUT2D eigenvalue weighted by Crippen LogP contribution is -1.82. The third-order valence-electron chi connectivity index (χ3n) is 2.48. The summed E-state index contributed by atoms with van der Waals surface area (Å²) in [6.07, 6.45) is 2.80. The van der Waals surface area contributed by atoms with E-state index in [1.165, 1.54) is 36.7 Å². The van der Waals surface area contributed by atoms with Gasteiger partial charge >= 0.3 is 0 Å². The highest BCUT2D eigenvalue weighted by Crippen LogP contribution is 2.24. The van der Waals surface area contributed by atoms with Gasteiger partial charge in [-0.25, -0.2) is 0 Å². The molecule has 0 aromatic heterocycles. The maximum Gasteiger partial charge on any atom is 0.158 e. The Kier molecular flexibility index (Phi) is 3.85. The van der Waals surface area contributed by atoms with Crippen molar-refractivity contribution in [3.63, 3.8) is 0 Å². The van der Waals surface area contributed by atoms with Crippen LogP contribution in [0.4, 0.5) is 0 Å². The first-order chi connectivity index (χ1) is 9.56. The molecule has 6 nitrogen and oxygen atoms in total. The fourth-order valence-electron chi connectivity index (χ4n) is 1.44. The van der Waals surface area contributed by atoms with Crippen LogP contribution < -0.4 is 0 Å². The Hall–Kier alpha value is -3.02. The Morgan fingerprint density at radius 1 is 0.600 bits per heavy atom. The van der Waals surface area contributed by atoms with Gasteiger partial charge in [0.15, 0.2) is 23.0 Å². The van der Waals surface area contributed by atoms with Gasteiger partial charge in [0.05, 0.1) is 12.4 Å². The molecule has 2 rings (SSSR count). The molecule has 0 heterocycles. The summed E-state index contributed by atoms with van der Waals surface area (Å²) in [6.45, 7) is 0. The summed E-state index contributed by atoms with van der Waals surface area (Å²) in [7, 11) is 0. The van der Waals surface area contributed by atoms with E-state index in [4.69, 9.17) is 10.2 Å². The largest absolute Gasteiger partial charge is 0.504 e. The molecule has 0 bridgehead atoms. The normalized spacial score (nSPS) is 11.4. The van der Waals surface area contributed by atoms with E-state index in [9.17, 15) is 10.2 Å². The van der Waals surface area contributed by atoms with E-state index in [2.05, 4.69) is 10.2 Å². The van der Waals surface area contributed by atoms with E-state index in [0.717, 1.165) is 0 Å². The molecule has 0 atom stereocenters. The molecule has 2 aromatic carbocycles. The molecule has 0 aliphatic rings. The number of aromatic hydroxyl groups is 4. The predicted molar refractivity (Wildman–Crippen MR) is 74.7 cm³/mol. The first kappa shape index (κ1) is 13.4. The lowest BCUT2D eigenvalue weighted by molar-refractivity contribution is 0.403.